The van der Waals surface area contributed by atoms with Gasteiger partial charge in [0.15, 0.2) is 0 Å². The molecule has 45 heavy (non-hydrogen) atoms. The highest BCUT2D eigenvalue weighted by Gasteiger charge is 2.43. The molecule has 3 N–H and O–H groups in total. The van der Waals surface area contributed by atoms with Crippen molar-refractivity contribution >= 4 is 29.4 Å². The van der Waals surface area contributed by atoms with Crippen molar-refractivity contribution in [3.05, 3.63) is 82.6 Å². The number of carbonyl (C=O) groups excluding carboxylic acids is 3. The number of hydrogen-bond acceptors (Lipinski definition) is 10. The van der Waals surface area contributed by atoms with Crippen LogP contribution in [0.15, 0.2) is 71.2 Å². The van der Waals surface area contributed by atoms with Crippen LogP contribution in [0.5, 0.6) is 0 Å². The van der Waals surface area contributed by atoms with Gasteiger partial charge < -0.3 is 30.2 Å². The van der Waals surface area contributed by atoms with Crippen molar-refractivity contribution in [2.75, 3.05) is 44.1 Å². The Morgan fingerprint density at radius 2 is 1.69 bits per heavy atom. The number of benzene rings is 2. The van der Waals surface area contributed by atoms with E-state index in [0.29, 0.717) is 43.7 Å². The second kappa shape index (κ2) is 13.7. The zero-order valence-corrected chi connectivity index (χ0v) is 26.1. The minimum Gasteiger partial charge on any atom is -0.466 e. The standard InChI is InChI=1S/C33H38FN5O6/c1-33(2,3)45-32(42)38-15-13-20(14-16-38)19-37-24-12-11-22(34)17-25(24)39-28(31(41)44-5)27(30(40)43-4)26(23(18-35)29(39)36)21-9-7-6-8-10-21/h6-12,17,20,26,37H,13-16,19,36H2,1-5H3. The number of rotatable bonds is 7. The Hall–Kier alpha value is -5.05. The second-order valence-electron chi connectivity index (χ2n) is 11.8. The highest BCUT2D eigenvalue weighted by atomic mass is 19.1. The smallest absolute Gasteiger partial charge is 0.410 e. The van der Waals surface area contributed by atoms with Crippen LogP contribution in [0.4, 0.5) is 20.6 Å². The number of piperidine rings is 1. The number of halogens is 1. The maximum absolute atomic E-state index is 14.9. The molecule has 4 rings (SSSR count). The fourth-order valence-electron chi connectivity index (χ4n) is 5.50. The van der Waals surface area contributed by atoms with E-state index in [2.05, 4.69) is 11.4 Å². The number of nitriles is 1. The summed E-state index contributed by atoms with van der Waals surface area (Å²) in [5, 5.41) is 13.6. The third-order valence-corrected chi connectivity index (χ3v) is 7.66. The van der Waals surface area contributed by atoms with E-state index >= 15 is 0 Å². The minimum atomic E-state index is -1.05. The molecule has 0 aromatic heterocycles. The molecule has 2 aliphatic heterocycles. The Morgan fingerprint density at radius 1 is 1.04 bits per heavy atom. The molecule has 2 aliphatic rings. The number of hydrogen-bond donors (Lipinski definition) is 2. The number of anilines is 2. The number of carbonyl (C=O) groups is 3. The zero-order valence-electron chi connectivity index (χ0n) is 26.1. The lowest BCUT2D eigenvalue weighted by atomic mass is 9.81. The first-order chi connectivity index (χ1) is 21.4. The van der Waals surface area contributed by atoms with Crippen molar-refractivity contribution in [3.63, 3.8) is 0 Å². The highest BCUT2D eigenvalue weighted by molar-refractivity contribution is 6.07. The predicted octanol–water partition coefficient (Wildman–Crippen LogP) is 4.78. The van der Waals surface area contributed by atoms with Gasteiger partial charge in [0, 0.05) is 25.7 Å². The maximum atomic E-state index is 14.9. The SMILES string of the molecule is COC(=O)C1=C(C(=O)OC)N(c2cc(F)ccc2NCC2CCN(C(=O)OC(C)(C)C)CC2)C(N)=C(C#N)C1c1ccccc1. The number of nitrogens with zero attached hydrogens (tertiary/aromatic N) is 3. The van der Waals surface area contributed by atoms with E-state index in [1.165, 1.54) is 17.0 Å². The summed E-state index contributed by atoms with van der Waals surface area (Å²) in [5.74, 6) is -3.50. The molecule has 11 nitrogen and oxygen atoms in total. The van der Waals surface area contributed by atoms with E-state index in [9.17, 15) is 24.0 Å². The molecule has 238 valence electrons. The molecule has 1 amide bonds. The summed E-state index contributed by atoms with van der Waals surface area (Å²) in [5.41, 5.74) is 6.54. The zero-order chi connectivity index (χ0) is 32.9. The van der Waals surface area contributed by atoms with Gasteiger partial charge in [-0.25, -0.2) is 18.8 Å². The third-order valence-electron chi connectivity index (χ3n) is 7.66. The van der Waals surface area contributed by atoms with Gasteiger partial charge in [0.1, 0.15) is 22.9 Å². The number of ether oxygens (including phenoxy) is 3. The van der Waals surface area contributed by atoms with E-state index < -0.39 is 29.3 Å². The Labute approximate surface area is 262 Å². The van der Waals surface area contributed by atoms with Crippen LogP contribution in [0.2, 0.25) is 0 Å². The Morgan fingerprint density at radius 3 is 2.27 bits per heavy atom. The first-order valence-corrected chi connectivity index (χ1v) is 14.6. The van der Waals surface area contributed by atoms with Gasteiger partial charge in [-0.15, -0.1) is 0 Å². The number of esters is 2. The molecule has 0 aliphatic carbocycles. The van der Waals surface area contributed by atoms with Gasteiger partial charge in [0.2, 0.25) is 0 Å². The fraction of sp³-hybridized carbons (Fsp3) is 0.394. The summed E-state index contributed by atoms with van der Waals surface area (Å²) < 4.78 is 30.5. The molecule has 1 unspecified atom stereocenters. The monoisotopic (exact) mass is 619 g/mol. The lowest BCUT2D eigenvalue weighted by molar-refractivity contribution is -0.139. The van der Waals surface area contributed by atoms with Gasteiger partial charge in [0.05, 0.1) is 48.7 Å². The predicted molar refractivity (Wildman–Crippen MR) is 165 cm³/mol. The van der Waals surface area contributed by atoms with E-state index in [1.807, 2.05) is 20.8 Å². The molecular formula is C33H38FN5O6. The molecule has 2 heterocycles. The van der Waals surface area contributed by atoms with E-state index in [4.69, 9.17) is 19.9 Å². The molecule has 0 spiro atoms. The second-order valence-corrected chi connectivity index (χ2v) is 11.8. The average molecular weight is 620 g/mol. The van der Waals surface area contributed by atoms with Crippen molar-refractivity contribution in [2.24, 2.45) is 11.7 Å². The molecule has 2 aromatic carbocycles. The van der Waals surface area contributed by atoms with Gasteiger partial charge in [-0.3, -0.25) is 4.90 Å². The van der Waals surface area contributed by atoms with Gasteiger partial charge in [-0.05, 0) is 57.2 Å². The van der Waals surface area contributed by atoms with Crippen LogP contribution in [0.25, 0.3) is 0 Å². The fourth-order valence-corrected chi connectivity index (χ4v) is 5.50. The van der Waals surface area contributed by atoms with Crippen LogP contribution >= 0.6 is 0 Å². The van der Waals surface area contributed by atoms with E-state index in [-0.39, 0.29) is 40.4 Å². The summed E-state index contributed by atoms with van der Waals surface area (Å²) in [6.45, 7) is 6.96. The van der Waals surface area contributed by atoms with Crippen molar-refractivity contribution in [1.29, 1.82) is 5.26 Å². The van der Waals surface area contributed by atoms with Crippen molar-refractivity contribution in [1.82, 2.24) is 4.90 Å². The Balaban J connectivity index is 1.72. The number of methoxy groups -OCH3 is 2. The molecule has 2 aromatic rings. The Kier molecular flexibility index (Phi) is 10.0. The Bertz CT molecular complexity index is 1550. The number of amides is 1. The van der Waals surface area contributed by atoms with Crippen LogP contribution in [0, 0.1) is 23.1 Å². The molecule has 0 bridgehead atoms. The van der Waals surface area contributed by atoms with Crippen molar-refractivity contribution < 1.29 is 33.0 Å². The summed E-state index contributed by atoms with van der Waals surface area (Å²) in [6.07, 6.45) is 1.05. The lowest BCUT2D eigenvalue weighted by Crippen LogP contribution is -2.43. The van der Waals surface area contributed by atoms with Gasteiger partial charge in [0.25, 0.3) is 0 Å². The molecule has 0 radical (unpaired) electrons. The third kappa shape index (κ3) is 7.20. The van der Waals surface area contributed by atoms with E-state index in [0.717, 1.165) is 20.3 Å². The summed E-state index contributed by atoms with van der Waals surface area (Å²) in [6, 6.07) is 14.6. The average Bonchev–Trinajstić information content (AvgIpc) is 3.02. The summed E-state index contributed by atoms with van der Waals surface area (Å²) >= 11 is 0. The van der Waals surface area contributed by atoms with Crippen LogP contribution < -0.4 is 16.0 Å². The largest absolute Gasteiger partial charge is 0.466 e. The van der Waals surface area contributed by atoms with Crippen LogP contribution in [0.3, 0.4) is 0 Å². The minimum absolute atomic E-state index is 0.0287. The number of allylic oxidation sites excluding steroid dienone is 1. The number of nitrogens with one attached hydrogen (secondary N) is 1. The van der Waals surface area contributed by atoms with Crippen molar-refractivity contribution in [2.45, 2.75) is 45.1 Å². The highest BCUT2D eigenvalue weighted by Crippen LogP contribution is 2.45. The topological polar surface area (TPSA) is 147 Å². The molecular weight excluding hydrogens is 581 g/mol. The summed E-state index contributed by atoms with van der Waals surface area (Å²) in [7, 11) is 2.31. The molecule has 12 heteroatoms. The van der Waals surface area contributed by atoms with E-state index in [1.54, 1.807) is 35.2 Å². The van der Waals surface area contributed by atoms with Crippen molar-refractivity contribution in [3.8, 4) is 6.07 Å². The van der Waals surface area contributed by atoms with Gasteiger partial charge in [-0.2, -0.15) is 5.26 Å². The van der Waals surface area contributed by atoms with Gasteiger partial charge >= 0.3 is 18.0 Å². The number of nitrogens with two attached hydrogens (primary N) is 1. The van der Waals surface area contributed by atoms with Crippen LogP contribution in [-0.4, -0.2) is 62.4 Å². The maximum Gasteiger partial charge on any atom is 0.410 e. The lowest BCUT2D eigenvalue weighted by Gasteiger charge is -2.37. The first kappa shape index (κ1) is 32.9. The normalized spacial score (nSPS) is 17.5. The molecule has 1 saturated heterocycles. The molecule has 0 saturated carbocycles. The quantitative estimate of drug-likeness (QED) is 0.328. The van der Waals surface area contributed by atoms with Gasteiger partial charge in [-0.1, -0.05) is 30.3 Å². The molecule has 1 fully saturated rings. The van der Waals surface area contributed by atoms with Crippen LogP contribution in [-0.2, 0) is 23.8 Å². The first-order valence-electron chi connectivity index (χ1n) is 14.6. The molecule has 1 atom stereocenters. The number of likely N-dealkylation sites (tertiary alicyclic amines) is 1. The summed E-state index contributed by atoms with van der Waals surface area (Å²) in [4.78, 5) is 42.1. The van der Waals surface area contributed by atoms with Crippen LogP contribution in [0.1, 0.15) is 45.1 Å².